The SMILES string of the molecule is Cc1ccc(N(c2ccc(C)cc2)c2sc(-c3ccncc3)nc2-c2ccccc2)cc1. The Balaban J connectivity index is 1.75. The molecule has 0 amide bonds. The summed E-state index contributed by atoms with van der Waals surface area (Å²) in [5.74, 6) is 0. The predicted octanol–water partition coefficient (Wildman–Crippen LogP) is 7.96. The van der Waals surface area contributed by atoms with Gasteiger partial charge in [0, 0.05) is 34.9 Å². The molecule has 0 saturated carbocycles. The van der Waals surface area contributed by atoms with Crippen molar-refractivity contribution in [3.63, 3.8) is 0 Å². The van der Waals surface area contributed by atoms with E-state index in [1.807, 2.05) is 30.6 Å². The number of hydrogen-bond donors (Lipinski definition) is 0. The lowest BCUT2D eigenvalue weighted by atomic mass is 10.1. The highest BCUT2D eigenvalue weighted by Crippen LogP contribution is 2.46. The number of aromatic nitrogens is 2. The van der Waals surface area contributed by atoms with Gasteiger partial charge >= 0.3 is 0 Å². The molecule has 0 radical (unpaired) electrons. The first-order valence-electron chi connectivity index (χ1n) is 10.6. The largest absolute Gasteiger partial charge is 0.300 e. The molecule has 5 aromatic rings. The van der Waals surface area contributed by atoms with Crippen LogP contribution in [-0.4, -0.2) is 9.97 Å². The molecule has 0 aliphatic rings. The standard InChI is InChI=1S/C28H23N3S/c1-20-8-12-24(13-9-20)31(25-14-10-21(2)11-15-25)28-26(22-6-4-3-5-7-22)30-27(32-28)23-16-18-29-19-17-23/h3-19H,1-2H3. The number of hydrogen-bond acceptors (Lipinski definition) is 4. The summed E-state index contributed by atoms with van der Waals surface area (Å²) < 4.78 is 0. The zero-order chi connectivity index (χ0) is 21.9. The molecule has 4 heteroatoms. The van der Waals surface area contributed by atoms with Crippen molar-refractivity contribution in [2.24, 2.45) is 0 Å². The van der Waals surface area contributed by atoms with E-state index >= 15 is 0 Å². The normalized spacial score (nSPS) is 10.8. The van der Waals surface area contributed by atoms with Crippen molar-refractivity contribution in [2.45, 2.75) is 13.8 Å². The van der Waals surface area contributed by atoms with Crippen molar-refractivity contribution >= 4 is 27.7 Å². The van der Waals surface area contributed by atoms with E-state index in [1.165, 1.54) is 11.1 Å². The topological polar surface area (TPSA) is 29.0 Å². The fraction of sp³-hybridized carbons (Fsp3) is 0.0714. The zero-order valence-corrected chi connectivity index (χ0v) is 18.9. The highest BCUT2D eigenvalue weighted by atomic mass is 32.1. The third-order valence-corrected chi connectivity index (χ3v) is 6.46. The first-order valence-corrected chi connectivity index (χ1v) is 11.4. The van der Waals surface area contributed by atoms with Gasteiger partial charge in [-0.2, -0.15) is 0 Å². The monoisotopic (exact) mass is 433 g/mol. The molecule has 0 saturated heterocycles. The van der Waals surface area contributed by atoms with Crippen LogP contribution in [-0.2, 0) is 0 Å². The number of pyridine rings is 1. The van der Waals surface area contributed by atoms with Crippen LogP contribution < -0.4 is 4.90 Å². The molecule has 0 N–H and O–H groups in total. The lowest BCUT2D eigenvalue weighted by Gasteiger charge is -2.25. The van der Waals surface area contributed by atoms with E-state index in [0.29, 0.717) is 0 Å². The summed E-state index contributed by atoms with van der Waals surface area (Å²) in [6.45, 7) is 4.23. The zero-order valence-electron chi connectivity index (χ0n) is 18.1. The quantitative estimate of drug-likeness (QED) is 0.281. The highest BCUT2D eigenvalue weighted by Gasteiger charge is 2.22. The summed E-state index contributed by atoms with van der Waals surface area (Å²) in [4.78, 5) is 11.6. The summed E-state index contributed by atoms with van der Waals surface area (Å²) in [5.41, 5.74) is 7.85. The first kappa shape index (κ1) is 20.2. The van der Waals surface area contributed by atoms with Crippen molar-refractivity contribution in [1.82, 2.24) is 9.97 Å². The lowest BCUT2D eigenvalue weighted by molar-refractivity contribution is 1.27. The lowest BCUT2D eigenvalue weighted by Crippen LogP contribution is -2.09. The Labute approximate surface area is 192 Å². The molecular weight excluding hydrogens is 410 g/mol. The van der Waals surface area contributed by atoms with Gasteiger partial charge in [0.25, 0.3) is 0 Å². The van der Waals surface area contributed by atoms with Crippen LogP contribution in [0.3, 0.4) is 0 Å². The van der Waals surface area contributed by atoms with Crippen molar-refractivity contribution in [1.29, 1.82) is 0 Å². The van der Waals surface area contributed by atoms with Crippen LogP contribution in [0, 0.1) is 13.8 Å². The number of rotatable bonds is 5. The summed E-state index contributed by atoms with van der Waals surface area (Å²) in [7, 11) is 0. The fourth-order valence-corrected chi connectivity index (χ4v) is 4.77. The van der Waals surface area contributed by atoms with E-state index < -0.39 is 0 Å². The number of nitrogens with zero attached hydrogens (tertiary/aromatic N) is 3. The Hall–Kier alpha value is -3.76. The number of aryl methyl sites for hydroxylation is 2. The van der Waals surface area contributed by atoms with Crippen molar-refractivity contribution in [3.8, 4) is 21.8 Å². The minimum atomic E-state index is 0.976. The molecule has 0 unspecified atom stereocenters. The Kier molecular flexibility index (Phi) is 5.53. The Morgan fingerprint density at radius 1 is 0.625 bits per heavy atom. The summed E-state index contributed by atoms with van der Waals surface area (Å²) in [6, 6.07) is 31.8. The fourth-order valence-electron chi connectivity index (χ4n) is 3.64. The molecule has 0 aliphatic heterocycles. The number of thiazole rings is 1. The van der Waals surface area contributed by atoms with Crippen molar-refractivity contribution in [2.75, 3.05) is 4.90 Å². The van der Waals surface area contributed by atoms with Gasteiger partial charge < -0.3 is 4.90 Å². The molecule has 0 spiro atoms. The first-order chi connectivity index (χ1) is 15.7. The number of benzene rings is 3. The Morgan fingerprint density at radius 3 is 1.75 bits per heavy atom. The maximum Gasteiger partial charge on any atom is 0.129 e. The Bertz CT molecular complexity index is 1260. The van der Waals surface area contributed by atoms with Gasteiger partial charge in [-0.3, -0.25) is 4.98 Å². The van der Waals surface area contributed by atoms with E-state index in [2.05, 4.69) is 96.5 Å². The second-order valence-corrected chi connectivity index (χ2v) is 8.76. The minimum absolute atomic E-state index is 0.976. The van der Waals surface area contributed by atoms with Gasteiger partial charge in [0.15, 0.2) is 0 Å². The van der Waals surface area contributed by atoms with E-state index in [9.17, 15) is 0 Å². The molecule has 3 aromatic carbocycles. The van der Waals surface area contributed by atoms with E-state index in [-0.39, 0.29) is 0 Å². The van der Waals surface area contributed by atoms with Gasteiger partial charge in [0.2, 0.25) is 0 Å². The average molecular weight is 434 g/mol. The van der Waals surface area contributed by atoms with Gasteiger partial charge in [-0.15, -0.1) is 0 Å². The Morgan fingerprint density at radius 2 is 1.19 bits per heavy atom. The molecule has 0 bridgehead atoms. The molecule has 0 fully saturated rings. The third kappa shape index (κ3) is 4.05. The second kappa shape index (κ2) is 8.77. The maximum absolute atomic E-state index is 5.11. The minimum Gasteiger partial charge on any atom is -0.300 e. The van der Waals surface area contributed by atoms with E-state index in [0.717, 1.165) is 38.2 Å². The van der Waals surface area contributed by atoms with E-state index in [1.54, 1.807) is 11.3 Å². The van der Waals surface area contributed by atoms with Crippen molar-refractivity contribution in [3.05, 3.63) is 115 Å². The van der Waals surface area contributed by atoms with Crippen molar-refractivity contribution < 1.29 is 0 Å². The molecule has 0 atom stereocenters. The van der Waals surface area contributed by atoms with Crippen LogP contribution in [0.25, 0.3) is 21.8 Å². The van der Waals surface area contributed by atoms with Gasteiger partial charge in [0.05, 0.1) is 0 Å². The molecule has 3 nitrogen and oxygen atoms in total. The number of anilines is 3. The van der Waals surface area contributed by atoms with Crippen LogP contribution in [0.2, 0.25) is 0 Å². The van der Waals surface area contributed by atoms with E-state index in [4.69, 9.17) is 4.98 Å². The van der Waals surface area contributed by atoms with Crippen LogP contribution in [0.15, 0.2) is 103 Å². The maximum atomic E-state index is 5.11. The average Bonchev–Trinajstić information content (AvgIpc) is 3.28. The highest BCUT2D eigenvalue weighted by molar-refractivity contribution is 7.19. The van der Waals surface area contributed by atoms with Gasteiger partial charge in [-0.05, 0) is 50.2 Å². The smallest absolute Gasteiger partial charge is 0.129 e. The third-order valence-electron chi connectivity index (χ3n) is 5.37. The molecular formula is C28H23N3S. The van der Waals surface area contributed by atoms with Crippen LogP contribution in [0.5, 0.6) is 0 Å². The molecule has 2 heterocycles. The second-order valence-electron chi connectivity index (χ2n) is 7.78. The van der Waals surface area contributed by atoms with Crippen LogP contribution >= 0.6 is 11.3 Å². The molecule has 5 rings (SSSR count). The molecule has 156 valence electrons. The summed E-state index contributed by atoms with van der Waals surface area (Å²) in [6.07, 6.45) is 3.63. The van der Waals surface area contributed by atoms with Gasteiger partial charge in [-0.25, -0.2) is 4.98 Å². The molecule has 32 heavy (non-hydrogen) atoms. The molecule has 0 aliphatic carbocycles. The van der Waals surface area contributed by atoms with Crippen LogP contribution in [0.1, 0.15) is 11.1 Å². The molecule has 2 aromatic heterocycles. The predicted molar refractivity (Wildman–Crippen MR) is 135 cm³/mol. The summed E-state index contributed by atoms with van der Waals surface area (Å²) in [5, 5.41) is 2.07. The van der Waals surface area contributed by atoms with Crippen LogP contribution in [0.4, 0.5) is 16.4 Å². The van der Waals surface area contributed by atoms with Gasteiger partial charge in [-0.1, -0.05) is 77.1 Å². The van der Waals surface area contributed by atoms with Gasteiger partial charge in [0.1, 0.15) is 15.7 Å². The summed E-state index contributed by atoms with van der Waals surface area (Å²) >= 11 is 1.70.